The van der Waals surface area contributed by atoms with Crippen LogP contribution in [0.25, 0.3) is 0 Å². The minimum absolute atomic E-state index is 0.261. The standard InChI is InChI=1S/C15H22N2O4/c1-20-15(19)13(16)9-11-2-3-14(18)12(8-11)10-17-4-6-21-7-5-17/h2-3,8,13,18H,4-7,9-10,16H2,1H3. The number of nitrogens with zero attached hydrogens (tertiary/aromatic N) is 1. The second kappa shape index (κ2) is 7.40. The van der Waals surface area contributed by atoms with Gasteiger partial charge in [0.15, 0.2) is 0 Å². The number of rotatable bonds is 5. The summed E-state index contributed by atoms with van der Waals surface area (Å²) in [7, 11) is 1.32. The number of methoxy groups -OCH3 is 1. The van der Waals surface area contributed by atoms with Gasteiger partial charge in [-0.1, -0.05) is 12.1 Å². The average molecular weight is 294 g/mol. The molecule has 1 aromatic rings. The maximum absolute atomic E-state index is 11.4. The summed E-state index contributed by atoms with van der Waals surface area (Å²) >= 11 is 0. The summed E-state index contributed by atoms with van der Waals surface area (Å²) in [6.45, 7) is 3.80. The van der Waals surface area contributed by atoms with Crippen molar-refractivity contribution >= 4 is 5.97 Å². The molecule has 1 aliphatic heterocycles. The lowest BCUT2D eigenvalue weighted by atomic mass is 10.0. The fraction of sp³-hybridized carbons (Fsp3) is 0.533. The predicted molar refractivity (Wildman–Crippen MR) is 77.9 cm³/mol. The van der Waals surface area contributed by atoms with E-state index in [-0.39, 0.29) is 5.75 Å². The van der Waals surface area contributed by atoms with Gasteiger partial charge in [0.2, 0.25) is 0 Å². The molecular formula is C15H22N2O4. The monoisotopic (exact) mass is 294 g/mol. The molecular weight excluding hydrogens is 272 g/mol. The normalized spacial score (nSPS) is 17.4. The van der Waals surface area contributed by atoms with Crippen LogP contribution in [-0.2, 0) is 27.2 Å². The third kappa shape index (κ3) is 4.42. The highest BCUT2D eigenvalue weighted by Gasteiger charge is 2.17. The van der Waals surface area contributed by atoms with Crippen LogP contribution in [-0.4, -0.2) is 55.4 Å². The molecule has 0 spiro atoms. The van der Waals surface area contributed by atoms with Gasteiger partial charge in [-0.3, -0.25) is 9.69 Å². The molecule has 0 bridgehead atoms. The SMILES string of the molecule is COC(=O)C(N)Cc1ccc(O)c(CN2CCOCC2)c1. The van der Waals surface area contributed by atoms with Crippen molar-refractivity contribution in [3.05, 3.63) is 29.3 Å². The van der Waals surface area contributed by atoms with Crippen molar-refractivity contribution in [2.24, 2.45) is 5.73 Å². The Bertz CT molecular complexity index is 487. The number of carbonyl (C=O) groups is 1. The lowest BCUT2D eigenvalue weighted by Crippen LogP contribution is -2.35. The van der Waals surface area contributed by atoms with E-state index >= 15 is 0 Å². The molecule has 1 heterocycles. The third-order valence-electron chi connectivity index (χ3n) is 3.60. The van der Waals surface area contributed by atoms with Crippen LogP contribution in [0.4, 0.5) is 0 Å². The fourth-order valence-corrected chi connectivity index (χ4v) is 2.38. The summed E-state index contributed by atoms with van der Waals surface area (Å²) in [6, 6.07) is 4.64. The molecule has 0 aromatic heterocycles. The van der Waals surface area contributed by atoms with E-state index in [4.69, 9.17) is 10.5 Å². The number of nitrogens with two attached hydrogens (primary N) is 1. The molecule has 21 heavy (non-hydrogen) atoms. The molecule has 1 saturated heterocycles. The first-order valence-corrected chi connectivity index (χ1v) is 7.04. The lowest BCUT2D eigenvalue weighted by Gasteiger charge is -2.27. The van der Waals surface area contributed by atoms with Gasteiger partial charge in [0.25, 0.3) is 0 Å². The number of esters is 1. The molecule has 1 aliphatic rings. The number of phenols is 1. The van der Waals surface area contributed by atoms with Gasteiger partial charge in [-0.05, 0) is 18.1 Å². The molecule has 0 amide bonds. The van der Waals surface area contributed by atoms with Gasteiger partial charge in [0.1, 0.15) is 11.8 Å². The number of hydrogen-bond acceptors (Lipinski definition) is 6. The van der Waals surface area contributed by atoms with E-state index in [9.17, 15) is 9.90 Å². The zero-order valence-corrected chi connectivity index (χ0v) is 12.2. The van der Waals surface area contributed by atoms with Crippen molar-refractivity contribution in [3.8, 4) is 5.75 Å². The smallest absolute Gasteiger partial charge is 0.322 e. The Morgan fingerprint density at radius 1 is 1.48 bits per heavy atom. The van der Waals surface area contributed by atoms with Crippen LogP contribution in [0.3, 0.4) is 0 Å². The zero-order chi connectivity index (χ0) is 15.2. The van der Waals surface area contributed by atoms with Crippen molar-refractivity contribution in [2.75, 3.05) is 33.4 Å². The number of ether oxygens (including phenoxy) is 2. The van der Waals surface area contributed by atoms with Gasteiger partial charge >= 0.3 is 5.97 Å². The van der Waals surface area contributed by atoms with E-state index in [0.29, 0.717) is 26.2 Å². The highest BCUT2D eigenvalue weighted by Crippen LogP contribution is 2.21. The Labute approximate surface area is 124 Å². The molecule has 1 fully saturated rings. The molecule has 1 unspecified atom stereocenters. The predicted octanol–water partition coefficient (Wildman–Crippen LogP) is 0.267. The van der Waals surface area contributed by atoms with Crippen LogP contribution < -0.4 is 5.73 Å². The van der Waals surface area contributed by atoms with E-state index in [1.54, 1.807) is 12.1 Å². The van der Waals surface area contributed by atoms with E-state index in [0.717, 1.165) is 24.2 Å². The van der Waals surface area contributed by atoms with Crippen molar-refractivity contribution in [3.63, 3.8) is 0 Å². The highest BCUT2D eigenvalue weighted by molar-refractivity contribution is 5.75. The van der Waals surface area contributed by atoms with Gasteiger partial charge in [-0.25, -0.2) is 0 Å². The van der Waals surface area contributed by atoms with Crippen molar-refractivity contribution in [1.82, 2.24) is 4.90 Å². The second-order valence-corrected chi connectivity index (χ2v) is 5.19. The van der Waals surface area contributed by atoms with Gasteiger partial charge < -0.3 is 20.3 Å². The molecule has 116 valence electrons. The maximum Gasteiger partial charge on any atom is 0.322 e. The minimum atomic E-state index is -0.684. The second-order valence-electron chi connectivity index (χ2n) is 5.19. The Morgan fingerprint density at radius 3 is 2.86 bits per heavy atom. The molecule has 3 N–H and O–H groups in total. The number of benzene rings is 1. The van der Waals surface area contributed by atoms with Gasteiger partial charge in [-0.15, -0.1) is 0 Å². The van der Waals surface area contributed by atoms with Crippen LogP contribution in [0.15, 0.2) is 18.2 Å². The average Bonchev–Trinajstić information content (AvgIpc) is 2.50. The molecule has 0 saturated carbocycles. The first kappa shape index (κ1) is 15.8. The maximum atomic E-state index is 11.4. The quantitative estimate of drug-likeness (QED) is 0.758. The van der Waals surface area contributed by atoms with Crippen molar-refractivity contribution < 1.29 is 19.4 Å². The molecule has 1 atom stereocenters. The van der Waals surface area contributed by atoms with E-state index in [2.05, 4.69) is 9.64 Å². The summed E-state index contributed by atoms with van der Waals surface area (Å²) in [5.74, 6) is -0.172. The Morgan fingerprint density at radius 2 is 2.19 bits per heavy atom. The first-order valence-electron chi connectivity index (χ1n) is 7.04. The largest absolute Gasteiger partial charge is 0.508 e. The number of morpholine rings is 1. The Balaban J connectivity index is 2.04. The first-order chi connectivity index (χ1) is 10.1. The van der Waals surface area contributed by atoms with Gasteiger partial charge in [0, 0.05) is 25.2 Å². The number of aromatic hydroxyl groups is 1. The molecule has 1 aromatic carbocycles. The van der Waals surface area contributed by atoms with Crippen LogP contribution >= 0.6 is 0 Å². The summed E-state index contributed by atoms with van der Waals surface area (Å²) in [6.07, 6.45) is 0.392. The summed E-state index contributed by atoms with van der Waals surface area (Å²) in [4.78, 5) is 13.6. The van der Waals surface area contributed by atoms with Crippen LogP contribution in [0, 0.1) is 0 Å². The van der Waals surface area contributed by atoms with Crippen molar-refractivity contribution in [2.45, 2.75) is 19.0 Å². The summed E-state index contributed by atoms with van der Waals surface area (Å²) in [5.41, 5.74) is 7.52. The summed E-state index contributed by atoms with van der Waals surface area (Å²) in [5, 5.41) is 9.97. The molecule has 2 rings (SSSR count). The van der Waals surface area contributed by atoms with E-state index in [1.165, 1.54) is 7.11 Å². The number of phenolic OH excluding ortho intramolecular Hbond substituents is 1. The number of carbonyl (C=O) groups excluding carboxylic acids is 1. The molecule has 6 nitrogen and oxygen atoms in total. The minimum Gasteiger partial charge on any atom is -0.508 e. The topological polar surface area (TPSA) is 85.0 Å². The third-order valence-corrected chi connectivity index (χ3v) is 3.60. The lowest BCUT2D eigenvalue weighted by molar-refractivity contribution is -0.142. The molecule has 0 radical (unpaired) electrons. The Hall–Kier alpha value is -1.63. The van der Waals surface area contributed by atoms with E-state index in [1.807, 2.05) is 6.07 Å². The molecule has 0 aliphatic carbocycles. The Kier molecular flexibility index (Phi) is 5.55. The van der Waals surface area contributed by atoms with Crippen LogP contribution in [0.1, 0.15) is 11.1 Å². The van der Waals surface area contributed by atoms with Gasteiger partial charge in [0.05, 0.1) is 20.3 Å². The fourth-order valence-electron chi connectivity index (χ4n) is 2.38. The number of hydrogen-bond donors (Lipinski definition) is 2. The van der Waals surface area contributed by atoms with E-state index < -0.39 is 12.0 Å². The van der Waals surface area contributed by atoms with Crippen LogP contribution in [0.5, 0.6) is 5.75 Å². The van der Waals surface area contributed by atoms with Crippen molar-refractivity contribution in [1.29, 1.82) is 0 Å². The summed E-state index contributed by atoms with van der Waals surface area (Å²) < 4.78 is 9.93. The highest BCUT2D eigenvalue weighted by atomic mass is 16.5. The van der Waals surface area contributed by atoms with Crippen LogP contribution in [0.2, 0.25) is 0 Å². The zero-order valence-electron chi connectivity index (χ0n) is 12.2. The molecule has 6 heteroatoms. The van der Waals surface area contributed by atoms with Gasteiger partial charge in [-0.2, -0.15) is 0 Å².